The molecule has 0 spiro atoms. The second kappa shape index (κ2) is 4.96. The molecule has 0 aromatic heterocycles. The average molecular weight is 400 g/mol. The van der Waals surface area contributed by atoms with Crippen LogP contribution in [0.1, 0.15) is 65.2 Å². The SMILES string of the molecule is CC12CC[C@H](O)C=C1CCC1C2CCC2(C)C(I)CCC12. The van der Waals surface area contributed by atoms with Gasteiger partial charge in [-0.3, -0.25) is 0 Å². The summed E-state index contributed by atoms with van der Waals surface area (Å²) in [4.78, 5) is 0. The van der Waals surface area contributed by atoms with E-state index in [4.69, 9.17) is 0 Å². The highest BCUT2D eigenvalue weighted by molar-refractivity contribution is 14.1. The van der Waals surface area contributed by atoms with Crippen molar-refractivity contribution >= 4 is 22.6 Å². The zero-order chi connectivity index (χ0) is 14.8. The molecule has 0 amide bonds. The third-order valence-electron chi connectivity index (χ3n) is 7.97. The monoisotopic (exact) mass is 400 g/mol. The van der Waals surface area contributed by atoms with E-state index in [9.17, 15) is 5.11 Å². The zero-order valence-electron chi connectivity index (χ0n) is 13.4. The Kier molecular flexibility index (Phi) is 3.54. The van der Waals surface area contributed by atoms with Crippen molar-refractivity contribution in [3.8, 4) is 0 Å². The van der Waals surface area contributed by atoms with E-state index in [1.807, 2.05) is 0 Å². The summed E-state index contributed by atoms with van der Waals surface area (Å²) in [6.45, 7) is 5.12. The highest BCUT2D eigenvalue weighted by Crippen LogP contribution is 2.66. The van der Waals surface area contributed by atoms with E-state index < -0.39 is 0 Å². The van der Waals surface area contributed by atoms with Gasteiger partial charge in [-0.05, 0) is 80.0 Å². The maximum absolute atomic E-state index is 10.0. The molecule has 3 fully saturated rings. The van der Waals surface area contributed by atoms with Gasteiger partial charge in [0.1, 0.15) is 0 Å². The van der Waals surface area contributed by atoms with Gasteiger partial charge < -0.3 is 5.11 Å². The number of hydrogen-bond acceptors (Lipinski definition) is 1. The van der Waals surface area contributed by atoms with Crippen LogP contribution in [0.3, 0.4) is 0 Å². The van der Waals surface area contributed by atoms with Crippen molar-refractivity contribution < 1.29 is 5.11 Å². The van der Waals surface area contributed by atoms with Gasteiger partial charge in [-0.25, -0.2) is 0 Å². The van der Waals surface area contributed by atoms with Crippen LogP contribution in [-0.2, 0) is 0 Å². The summed E-state index contributed by atoms with van der Waals surface area (Å²) in [5, 5.41) is 10.0. The molecule has 0 bridgehead atoms. The topological polar surface area (TPSA) is 20.2 Å². The van der Waals surface area contributed by atoms with Gasteiger partial charge in [0.25, 0.3) is 0 Å². The van der Waals surface area contributed by atoms with Crippen molar-refractivity contribution in [2.75, 3.05) is 0 Å². The first-order valence-corrected chi connectivity index (χ1v) is 10.2. The molecule has 1 N–H and O–H groups in total. The van der Waals surface area contributed by atoms with Gasteiger partial charge >= 0.3 is 0 Å². The highest BCUT2D eigenvalue weighted by Gasteiger charge is 2.58. The standard InChI is InChI=1S/C19H29IO/c1-18-9-7-13(21)11-12(18)3-4-14-15-5-6-17(20)19(15,2)10-8-16(14)18/h11,13-17,21H,3-10H2,1-2H3/t13-,14?,15?,16?,17?,18?,19?/m0/s1. The van der Waals surface area contributed by atoms with Crippen LogP contribution in [0.2, 0.25) is 0 Å². The number of fused-ring (bicyclic) bond motifs is 5. The van der Waals surface area contributed by atoms with Crippen LogP contribution in [0.4, 0.5) is 0 Å². The van der Waals surface area contributed by atoms with E-state index in [1.165, 1.54) is 44.9 Å². The van der Waals surface area contributed by atoms with Crippen LogP contribution < -0.4 is 0 Å². The van der Waals surface area contributed by atoms with Gasteiger partial charge in [0.15, 0.2) is 0 Å². The second-order valence-corrected chi connectivity index (χ2v) is 10.2. The molecule has 2 heteroatoms. The molecule has 0 heterocycles. The predicted molar refractivity (Wildman–Crippen MR) is 95.5 cm³/mol. The first kappa shape index (κ1) is 15.0. The maximum Gasteiger partial charge on any atom is 0.0724 e. The quantitative estimate of drug-likeness (QED) is 0.340. The van der Waals surface area contributed by atoms with E-state index in [-0.39, 0.29) is 6.10 Å². The minimum Gasteiger partial charge on any atom is -0.389 e. The number of alkyl halides is 1. The van der Waals surface area contributed by atoms with Crippen molar-refractivity contribution in [2.45, 2.75) is 75.2 Å². The number of hydrogen-bond donors (Lipinski definition) is 1. The Hall–Kier alpha value is 0.430. The molecule has 0 saturated heterocycles. The smallest absolute Gasteiger partial charge is 0.0724 e. The minimum atomic E-state index is -0.163. The molecule has 0 aromatic rings. The van der Waals surface area contributed by atoms with E-state index >= 15 is 0 Å². The molecule has 4 aliphatic rings. The van der Waals surface area contributed by atoms with Gasteiger partial charge in [-0.1, -0.05) is 48.1 Å². The molecule has 0 aromatic carbocycles. The molecular formula is C19H29IO. The molecule has 118 valence electrons. The van der Waals surface area contributed by atoms with Crippen LogP contribution in [0.25, 0.3) is 0 Å². The van der Waals surface area contributed by atoms with Crippen molar-refractivity contribution in [2.24, 2.45) is 28.6 Å². The Balaban J connectivity index is 1.67. The normalized spacial score (nSPS) is 56.2. The number of allylic oxidation sites excluding steroid dienone is 1. The number of aliphatic hydroxyl groups excluding tert-OH is 1. The van der Waals surface area contributed by atoms with Gasteiger partial charge in [0, 0.05) is 3.92 Å². The molecule has 1 nitrogen and oxygen atoms in total. The van der Waals surface area contributed by atoms with E-state index in [2.05, 4.69) is 42.5 Å². The zero-order valence-corrected chi connectivity index (χ0v) is 15.6. The van der Waals surface area contributed by atoms with E-state index in [0.29, 0.717) is 10.8 Å². The first-order valence-electron chi connectivity index (χ1n) is 8.98. The molecule has 7 atom stereocenters. The fourth-order valence-corrected chi connectivity index (χ4v) is 7.78. The Morgan fingerprint density at radius 3 is 2.67 bits per heavy atom. The van der Waals surface area contributed by atoms with E-state index in [1.54, 1.807) is 5.57 Å². The van der Waals surface area contributed by atoms with Gasteiger partial charge in [0.2, 0.25) is 0 Å². The van der Waals surface area contributed by atoms with Crippen LogP contribution in [-0.4, -0.2) is 15.1 Å². The summed E-state index contributed by atoms with van der Waals surface area (Å²) >= 11 is 2.75. The maximum atomic E-state index is 10.0. The van der Waals surface area contributed by atoms with Crippen LogP contribution >= 0.6 is 22.6 Å². The van der Waals surface area contributed by atoms with Crippen molar-refractivity contribution in [3.63, 3.8) is 0 Å². The average Bonchev–Trinajstić information content (AvgIpc) is 2.76. The van der Waals surface area contributed by atoms with Gasteiger partial charge in [-0.15, -0.1) is 0 Å². The summed E-state index contributed by atoms with van der Waals surface area (Å²) < 4.78 is 0.902. The number of rotatable bonds is 0. The molecule has 3 saturated carbocycles. The molecule has 4 aliphatic carbocycles. The summed E-state index contributed by atoms with van der Waals surface area (Å²) in [5.74, 6) is 2.83. The summed E-state index contributed by atoms with van der Waals surface area (Å²) in [6.07, 6.45) is 12.7. The van der Waals surface area contributed by atoms with Crippen molar-refractivity contribution in [1.82, 2.24) is 0 Å². The summed E-state index contributed by atoms with van der Waals surface area (Å²) in [6, 6.07) is 0. The Morgan fingerprint density at radius 1 is 1.05 bits per heavy atom. The molecular weight excluding hydrogens is 371 g/mol. The number of aliphatic hydroxyl groups is 1. The molecule has 4 rings (SSSR count). The second-order valence-electron chi connectivity index (χ2n) is 8.72. The largest absolute Gasteiger partial charge is 0.389 e. The van der Waals surface area contributed by atoms with Crippen molar-refractivity contribution in [3.05, 3.63) is 11.6 Å². The molecule has 6 unspecified atom stereocenters. The predicted octanol–water partition coefficient (Wildman–Crippen LogP) is 5.11. The van der Waals surface area contributed by atoms with Gasteiger partial charge in [-0.2, -0.15) is 0 Å². The Bertz CT molecular complexity index is 472. The lowest BCUT2D eigenvalue weighted by Crippen LogP contribution is -2.50. The molecule has 0 radical (unpaired) electrons. The summed E-state index contributed by atoms with van der Waals surface area (Å²) in [5.41, 5.74) is 2.63. The summed E-state index contributed by atoms with van der Waals surface area (Å²) in [7, 11) is 0. The third kappa shape index (κ3) is 2.03. The lowest BCUT2D eigenvalue weighted by Gasteiger charge is -2.58. The van der Waals surface area contributed by atoms with E-state index in [0.717, 1.165) is 28.1 Å². The lowest BCUT2D eigenvalue weighted by atomic mass is 9.47. The minimum absolute atomic E-state index is 0.163. The van der Waals surface area contributed by atoms with Gasteiger partial charge in [0.05, 0.1) is 6.10 Å². The Morgan fingerprint density at radius 2 is 1.86 bits per heavy atom. The third-order valence-corrected chi connectivity index (χ3v) is 10.0. The first-order chi connectivity index (χ1) is 9.95. The van der Waals surface area contributed by atoms with Crippen LogP contribution in [0, 0.1) is 28.6 Å². The highest BCUT2D eigenvalue weighted by atomic mass is 127. The van der Waals surface area contributed by atoms with Crippen LogP contribution in [0.15, 0.2) is 11.6 Å². The van der Waals surface area contributed by atoms with Crippen molar-refractivity contribution in [1.29, 1.82) is 0 Å². The van der Waals surface area contributed by atoms with Crippen LogP contribution in [0.5, 0.6) is 0 Å². The fourth-order valence-electron chi connectivity index (χ4n) is 6.65. The fraction of sp³-hybridized carbons (Fsp3) is 0.895. The number of halogens is 1. The Labute approximate surface area is 143 Å². The molecule has 21 heavy (non-hydrogen) atoms. The lowest BCUT2D eigenvalue weighted by molar-refractivity contribution is -0.0386. The molecule has 0 aliphatic heterocycles.